The lowest BCUT2D eigenvalue weighted by molar-refractivity contribution is -0.164. The number of hydrogen-bond acceptors (Lipinski definition) is 5. The molecule has 5 heteroatoms. The number of ether oxygens (including phenoxy) is 1. The lowest BCUT2D eigenvalue weighted by Gasteiger charge is -2.57. The van der Waals surface area contributed by atoms with Gasteiger partial charge in [-0.3, -0.25) is 0 Å². The van der Waals surface area contributed by atoms with E-state index >= 15 is 0 Å². The SMILES string of the molecule is C[C@H](CCCC(C)(C)O)[C@H]1CC[C@H]2C3=CC=C4C[C@@H](O)[C@@H](OCCO)[C@H](O)[C@]4(C)[C@H]3CC[C@]12C. The normalized spacial score (nSPS) is 42.9. The van der Waals surface area contributed by atoms with E-state index in [1.54, 1.807) is 0 Å². The van der Waals surface area contributed by atoms with Gasteiger partial charge >= 0.3 is 0 Å². The fourth-order valence-electron chi connectivity index (χ4n) is 8.48. The zero-order chi connectivity index (χ0) is 24.9. The Hall–Kier alpha value is -0.720. The molecule has 4 rings (SSSR count). The van der Waals surface area contributed by atoms with Crippen LogP contribution in [0.4, 0.5) is 0 Å². The summed E-state index contributed by atoms with van der Waals surface area (Å²) in [6.07, 6.45) is 10.6. The van der Waals surface area contributed by atoms with Crippen molar-refractivity contribution in [3.63, 3.8) is 0 Å². The molecule has 0 saturated heterocycles. The molecule has 0 aromatic heterocycles. The minimum Gasteiger partial charge on any atom is -0.394 e. The maximum atomic E-state index is 11.5. The van der Waals surface area contributed by atoms with Crippen molar-refractivity contribution in [2.45, 2.75) is 110 Å². The molecule has 0 aliphatic heterocycles. The Kier molecular flexibility index (Phi) is 7.46. The standard InChI is InChI=1S/C29H48O5/c1-18(7-6-13-27(2,3)33)21-10-11-22-20-9-8-19-17-24(31)25(34-16-15-30)26(32)29(19,5)23(20)12-14-28(21,22)4/h8-9,18,21-26,30-33H,6-7,10-17H2,1-5H3/t18-,21-,22+,23+,24-,25-,26+,28-,29+/m1/s1. The molecule has 0 heterocycles. The first-order valence-corrected chi connectivity index (χ1v) is 13.7. The van der Waals surface area contributed by atoms with Gasteiger partial charge in [0.05, 0.1) is 31.0 Å². The van der Waals surface area contributed by atoms with Crippen molar-refractivity contribution >= 4 is 0 Å². The van der Waals surface area contributed by atoms with Crippen molar-refractivity contribution in [2.24, 2.45) is 34.5 Å². The fraction of sp³-hybridized carbons (Fsp3) is 0.862. The predicted octanol–water partition coefficient (Wildman–Crippen LogP) is 4.38. The summed E-state index contributed by atoms with van der Waals surface area (Å²) < 4.78 is 5.75. The van der Waals surface area contributed by atoms with Crippen LogP contribution in [-0.4, -0.2) is 57.6 Å². The molecule has 0 amide bonds. The molecule has 3 fully saturated rings. The molecule has 5 nitrogen and oxygen atoms in total. The van der Waals surface area contributed by atoms with Crippen LogP contribution in [0, 0.1) is 34.5 Å². The van der Waals surface area contributed by atoms with Crippen molar-refractivity contribution in [2.75, 3.05) is 13.2 Å². The quantitative estimate of drug-likeness (QED) is 0.417. The Balaban J connectivity index is 1.54. The van der Waals surface area contributed by atoms with Gasteiger partial charge in [0.2, 0.25) is 0 Å². The highest BCUT2D eigenvalue weighted by atomic mass is 16.5. The maximum absolute atomic E-state index is 11.5. The average molecular weight is 477 g/mol. The third kappa shape index (κ3) is 4.45. The van der Waals surface area contributed by atoms with Gasteiger partial charge in [0.15, 0.2) is 0 Å². The van der Waals surface area contributed by atoms with E-state index in [-0.39, 0.29) is 24.5 Å². The molecule has 0 bridgehead atoms. The molecule has 0 spiro atoms. The molecule has 0 aromatic rings. The van der Waals surface area contributed by atoms with Crippen molar-refractivity contribution in [3.05, 3.63) is 23.3 Å². The van der Waals surface area contributed by atoms with Crippen LogP contribution in [0.5, 0.6) is 0 Å². The van der Waals surface area contributed by atoms with Crippen molar-refractivity contribution in [1.82, 2.24) is 0 Å². The Labute approximate surface area is 206 Å². The molecule has 0 unspecified atom stereocenters. The van der Waals surface area contributed by atoms with E-state index in [4.69, 9.17) is 4.74 Å². The first-order valence-electron chi connectivity index (χ1n) is 13.7. The van der Waals surface area contributed by atoms with Crippen LogP contribution in [0.2, 0.25) is 0 Å². The van der Waals surface area contributed by atoms with Crippen LogP contribution in [0.15, 0.2) is 23.3 Å². The van der Waals surface area contributed by atoms with Gasteiger partial charge in [0.1, 0.15) is 6.10 Å². The van der Waals surface area contributed by atoms with E-state index in [9.17, 15) is 20.4 Å². The lowest BCUT2D eigenvalue weighted by Crippen LogP contribution is -2.59. The van der Waals surface area contributed by atoms with Crippen molar-refractivity contribution in [3.8, 4) is 0 Å². The van der Waals surface area contributed by atoms with Gasteiger partial charge in [-0.1, -0.05) is 56.9 Å². The number of rotatable bonds is 8. The highest BCUT2D eigenvalue weighted by Crippen LogP contribution is 2.66. The van der Waals surface area contributed by atoms with E-state index in [1.165, 1.54) is 31.3 Å². The van der Waals surface area contributed by atoms with Gasteiger partial charge in [-0.05, 0) is 81.5 Å². The smallest absolute Gasteiger partial charge is 0.110 e. The predicted molar refractivity (Wildman–Crippen MR) is 134 cm³/mol. The molecule has 34 heavy (non-hydrogen) atoms. The second-order valence-electron chi connectivity index (χ2n) is 12.9. The molecule has 4 aliphatic carbocycles. The van der Waals surface area contributed by atoms with Crippen LogP contribution in [0.25, 0.3) is 0 Å². The van der Waals surface area contributed by atoms with Crippen molar-refractivity contribution < 1.29 is 25.2 Å². The summed E-state index contributed by atoms with van der Waals surface area (Å²) in [6, 6.07) is 0. The topological polar surface area (TPSA) is 90.2 Å². The molecule has 9 atom stereocenters. The van der Waals surface area contributed by atoms with Gasteiger partial charge < -0.3 is 25.2 Å². The molecular formula is C29H48O5. The van der Waals surface area contributed by atoms with Gasteiger partial charge in [-0.2, -0.15) is 0 Å². The molecule has 194 valence electrons. The lowest BCUT2D eigenvalue weighted by atomic mass is 9.49. The average Bonchev–Trinajstić information content (AvgIpc) is 3.11. The van der Waals surface area contributed by atoms with Crippen LogP contribution in [-0.2, 0) is 4.74 Å². The molecule has 0 radical (unpaired) electrons. The maximum Gasteiger partial charge on any atom is 0.110 e. The largest absolute Gasteiger partial charge is 0.394 e. The molecule has 3 saturated carbocycles. The van der Waals surface area contributed by atoms with E-state index in [2.05, 4.69) is 32.9 Å². The molecule has 0 aromatic carbocycles. The number of hydrogen-bond donors (Lipinski definition) is 4. The Bertz CT molecular complexity index is 797. The summed E-state index contributed by atoms with van der Waals surface area (Å²) in [5.41, 5.74) is 1.91. The van der Waals surface area contributed by atoms with E-state index in [0.29, 0.717) is 24.2 Å². The third-order valence-corrected chi connectivity index (χ3v) is 10.3. The number of allylic oxidation sites excluding steroid dienone is 3. The zero-order valence-electron chi connectivity index (χ0n) is 22.0. The van der Waals surface area contributed by atoms with E-state index < -0.39 is 29.3 Å². The number of aliphatic hydroxyl groups excluding tert-OH is 3. The highest BCUT2D eigenvalue weighted by molar-refractivity contribution is 5.40. The summed E-state index contributed by atoms with van der Waals surface area (Å²) in [6.45, 7) is 10.9. The monoisotopic (exact) mass is 476 g/mol. The Morgan fingerprint density at radius 1 is 1.12 bits per heavy atom. The van der Waals surface area contributed by atoms with Crippen LogP contribution < -0.4 is 0 Å². The van der Waals surface area contributed by atoms with E-state index in [0.717, 1.165) is 24.8 Å². The van der Waals surface area contributed by atoms with Crippen LogP contribution in [0.3, 0.4) is 0 Å². The molecule has 4 aliphatic rings. The van der Waals surface area contributed by atoms with Crippen molar-refractivity contribution in [1.29, 1.82) is 0 Å². The summed E-state index contributed by atoms with van der Waals surface area (Å²) >= 11 is 0. The van der Waals surface area contributed by atoms with Crippen LogP contribution in [0.1, 0.15) is 86.0 Å². The second kappa shape index (κ2) is 9.63. The summed E-state index contributed by atoms with van der Waals surface area (Å²) in [5, 5.41) is 41.5. The second-order valence-corrected chi connectivity index (χ2v) is 12.9. The summed E-state index contributed by atoms with van der Waals surface area (Å²) in [5.74, 6) is 2.15. The van der Waals surface area contributed by atoms with Gasteiger partial charge in [-0.25, -0.2) is 0 Å². The minimum atomic E-state index is -0.787. The van der Waals surface area contributed by atoms with Crippen LogP contribution >= 0.6 is 0 Å². The zero-order valence-corrected chi connectivity index (χ0v) is 22.0. The summed E-state index contributed by atoms with van der Waals surface area (Å²) in [4.78, 5) is 0. The summed E-state index contributed by atoms with van der Waals surface area (Å²) in [7, 11) is 0. The minimum absolute atomic E-state index is 0.111. The number of fused-ring (bicyclic) bond motifs is 5. The van der Waals surface area contributed by atoms with Gasteiger partial charge in [-0.15, -0.1) is 0 Å². The van der Waals surface area contributed by atoms with E-state index in [1.807, 2.05) is 13.8 Å². The molecule has 4 N–H and O–H groups in total. The molecular weight excluding hydrogens is 428 g/mol. The Morgan fingerprint density at radius 2 is 1.85 bits per heavy atom. The number of aliphatic hydroxyl groups is 4. The fourth-order valence-corrected chi connectivity index (χ4v) is 8.48. The first kappa shape index (κ1) is 26.3. The highest BCUT2D eigenvalue weighted by Gasteiger charge is 2.60. The Morgan fingerprint density at radius 3 is 2.53 bits per heavy atom. The third-order valence-electron chi connectivity index (χ3n) is 10.3. The van der Waals surface area contributed by atoms with Gasteiger partial charge in [0, 0.05) is 5.41 Å². The van der Waals surface area contributed by atoms with Gasteiger partial charge in [0.25, 0.3) is 0 Å². The first-order chi connectivity index (χ1) is 15.9.